The second-order valence-corrected chi connectivity index (χ2v) is 6.23. The molecule has 114 valence electrons. The molecule has 0 saturated heterocycles. The van der Waals surface area contributed by atoms with Gasteiger partial charge < -0.3 is 9.51 Å². The van der Waals surface area contributed by atoms with Crippen LogP contribution in [0.4, 0.5) is 0 Å². The molecule has 0 spiro atoms. The minimum atomic E-state index is -0.573. The molecule has 1 atom stereocenters. The van der Waals surface area contributed by atoms with Crippen LogP contribution in [0.5, 0.6) is 0 Å². The molecule has 0 amide bonds. The Kier molecular flexibility index (Phi) is 3.75. The van der Waals surface area contributed by atoms with Gasteiger partial charge in [-0.15, -0.1) is 0 Å². The quantitative estimate of drug-likeness (QED) is 0.773. The van der Waals surface area contributed by atoms with Gasteiger partial charge in [-0.25, -0.2) is 4.98 Å². The zero-order valence-corrected chi connectivity index (χ0v) is 13.5. The number of aryl methyl sites for hydroxylation is 1. The summed E-state index contributed by atoms with van der Waals surface area (Å²) in [5.74, 6) is 0.508. The summed E-state index contributed by atoms with van der Waals surface area (Å²) in [4.78, 5) is 4.72. The Balaban J connectivity index is 2.19. The Morgan fingerprint density at radius 2 is 1.68 bits per heavy atom. The molecule has 3 aromatic rings. The van der Waals surface area contributed by atoms with Crippen LogP contribution in [0.3, 0.4) is 0 Å². The van der Waals surface area contributed by atoms with Crippen molar-refractivity contribution in [2.75, 3.05) is 0 Å². The summed E-state index contributed by atoms with van der Waals surface area (Å²) in [7, 11) is 0. The normalized spacial score (nSPS) is 13.0. The third-order valence-corrected chi connectivity index (χ3v) is 4.05. The monoisotopic (exact) mass is 294 g/mol. The molecule has 3 nitrogen and oxygen atoms in total. The number of hydrogen-bond acceptors (Lipinski definition) is 2. The van der Waals surface area contributed by atoms with Crippen molar-refractivity contribution in [3.8, 4) is 11.3 Å². The van der Waals surface area contributed by atoms with Crippen molar-refractivity contribution in [3.63, 3.8) is 0 Å². The van der Waals surface area contributed by atoms with Crippen molar-refractivity contribution < 1.29 is 5.11 Å². The van der Waals surface area contributed by atoms with Crippen LogP contribution in [-0.4, -0.2) is 14.5 Å². The van der Waals surface area contributed by atoms with Crippen LogP contribution in [0.2, 0.25) is 0 Å². The standard InChI is InChI=1S/C19H22N2O/c1-12(2)15-6-8-16(9-7-15)18-19(14(4)22)21-11-13(3)5-10-17(21)20-18/h5-12,14,22H,1-4H3. The summed E-state index contributed by atoms with van der Waals surface area (Å²) in [6.45, 7) is 8.20. The van der Waals surface area contributed by atoms with E-state index in [1.54, 1.807) is 6.92 Å². The Labute approximate surface area is 131 Å². The first-order valence-corrected chi connectivity index (χ1v) is 7.74. The van der Waals surface area contributed by atoms with E-state index in [0.717, 1.165) is 28.2 Å². The molecule has 0 aliphatic carbocycles. The van der Waals surface area contributed by atoms with Gasteiger partial charge in [0, 0.05) is 11.8 Å². The number of pyridine rings is 1. The topological polar surface area (TPSA) is 37.5 Å². The maximum absolute atomic E-state index is 10.2. The zero-order valence-electron chi connectivity index (χ0n) is 13.5. The molecule has 2 heterocycles. The fourth-order valence-electron chi connectivity index (χ4n) is 2.81. The Morgan fingerprint density at radius 3 is 2.27 bits per heavy atom. The average Bonchev–Trinajstić information content (AvgIpc) is 2.85. The summed E-state index contributed by atoms with van der Waals surface area (Å²) in [6.07, 6.45) is 1.45. The van der Waals surface area contributed by atoms with Crippen LogP contribution >= 0.6 is 0 Å². The summed E-state index contributed by atoms with van der Waals surface area (Å²) < 4.78 is 1.99. The van der Waals surface area contributed by atoms with Crippen LogP contribution in [0.25, 0.3) is 16.9 Å². The van der Waals surface area contributed by atoms with Crippen molar-refractivity contribution in [1.82, 2.24) is 9.38 Å². The van der Waals surface area contributed by atoms with E-state index < -0.39 is 6.10 Å². The van der Waals surface area contributed by atoms with Gasteiger partial charge in [0.1, 0.15) is 5.65 Å². The smallest absolute Gasteiger partial charge is 0.137 e. The van der Waals surface area contributed by atoms with E-state index in [2.05, 4.69) is 38.1 Å². The number of aliphatic hydroxyl groups is 1. The molecule has 0 saturated carbocycles. The van der Waals surface area contributed by atoms with Crippen molar-refractivity contribution in [3.05, 3.63) is 59.4 Å². The van der Waals surface area contributed by atoms with Gasteiger partial charge in [0.2, 0.25) is 0 Å². The number of fused-ring (bicyclic) bond motifs is 1. The summed E-state index contributed by atoms with van der Waals surface area (Å²) in [6, 6.07) is 12.5. The van der Waals surface area contributed by atoms with Crippen LogP contribution in [0.15, 0.2) is 42.6 Å². The van der Waals surface area contributed by atoms with Crippen LogP contribution in [0.1, 0.15) is 49.6 Å². The van der Waals surface area contributed by atoms with Crippen LogP contribution in [0, 0.1) is 6.92 Å². The average molecular weight is 294 g/mol. The third-order valence-electron chi connectivity index (χ3n) is 4.05. The summed E-state index contributed by atoms with van der Waals surface area (Å²) >= 11 is 0. The van der Waals surface area contributed by atoms with Crippen molar-refractivity contribution >= 4 is 5.65 Å². The van der Waals surface area contributed by atoms with E-state index in [9.17, 15) is 5.11 Å². The van der Waals surface area contributed by atoms with Gasteiger partial charge in [-0.2, -0.15) is 0 Å². The molecule has 3 heteroatoms. The zero-order chi connectivity index (χ0) is 15.9. The van der Waals surface area contributed by atoms with Crippen LogP contribution in [-0.2, 0) is 0 Å². The lowest BCUT2D eigenvalue weighted by molar-refractivity contribution is 0.194. The largest absolute Gasteiger partial charge is 0.387 e. The molecule has 1 aromatic carbocycles. The molecule has 1 unspecified atom stereocenters. The van der Waals surface area contributed by atoms with E-state index in [1.807, 2.05) is 29.7 Å². The van der Waals surface area contributed by atoms with Crippen LogP contribution < -0.4 is 0 Å². The first-order valence-electron chi connectivity index (χ1n) is 7.74. The molecule has 0 fully saturated rings. The number of rotatable bonds is 3. The number of aromatic nitrogens is 2. The predicted octanol–water partition coefficient (Wildman–Crippen LogP) is 4.49. The highest BCUT2D eigenvalue weighted by molar-refractivity contribution is 5.67. The molecule has 22 heavy (non-hydrogen) atoms. The summed E-state index contributed by atoms with van der Waals surface area (Å²) in [5, 5.41) is 10.2. The molecule has 0 aliphatic heterocycles. The lowest BCUT2D eigenvalue weighted by atomic mass is 10.00. The lowest BCUT2D eigenvalue weighted by Crippen LogP contribution is -2.00. The van der Waals surface area contributed by atoms with Gasteiger partial charge in [-0.1, -0.05) is 44.2 Å². The SMILES string of the molecule is Cc1ccc2nc(-c3ccc(C(C)C)cc3)c(C(C)O)n2c1. The number of aliphatic hydroxyl groups excluding tert-OH is 1. The Morgan fingerprint density at radius 1 is 1.00 bits per heavy atom. The lowest BCUT2D eigenvalue weighted by Gasteiger charge is -2.10. The molecule has 3 rings (SSSR count). The second kappa shape index (κ2) is 5.58. The van der Waals surface area contributed by atoms with Crippen molar-refractivity contribution in [2.24, 2.45) is 0 Å². The first kappa shape index (κ1) is 14.8. The van der Waals surface area contributed by atoms with E-state index in [1.165, 1.54) is 5.56 Å². The highest BCUT2D eigenvalue weighted by Crippen LogP contribution is 2.30. The molecule has 0 radical (unpaired) electrons. The Bertz CT molecular complexity index is 798. The van der Waals surface area contributed by atoms with Gasteiger partial charge in [0.05, 0.1) is 17.5 Å². The highest BCUT2D eigenvalue weighted by atomic mass is 16.3. The van der Waals surface area contributed by atoms with Gasteiger partial charge >= 0.3 is 0 Å². The van der Waals surface area contributed by atoms with E-state index >= 15 is 0 Å². The minimum Gasteiger partial charge on any atom is -0.387 e. The maximum atomic E-state index is 10.2. The molecular weight excluding hydrogens is 272 g/mol. The second-order valence-electron chi connectivity index (χ2n) is 6.23. The van der Waals surface area contributed by atoms with Crippen molar-refractivity contribution in [1.29, 1.82) is 0 Å². The maximum Gasteiger partial charge on any atom is 0.137 e. The van der Waals surface area contributed by atoms with E-state index in [-0.39, 0.29) is 0 Å². The van der Waals surface area contributed by atoms with Gasteiger partial charge in [-0.3, -0.25) is 0 Å². The molecule has 0 bridgehead atoms. The number of imidazole rings is 1. The minimum absolute atomic E-state index is 0.508. The Hall–Kier alpha value is -2.13. The molecule has 2 aromatic heterocycles. The number of hydrogen-bond donors (Lipinski definition) is 1. The number of nitrogens with zero attached hydrogens (tertiary/aromatic N) is 2. The molecule has 1 N–H and O–H groups in total. The van der Waals surface area contributed by atoms with E-state index in [0.29, 0.717) is 5.92 Å². The van der Waals surface area contributed by atoms with Crippen molar-refractivity contribution in [2.45, 2.75) is 39.7 Å². The van der Waals surface area contributed by atoms with E-state index in [4.69, 9.17) is 4.98 Å². The fraction of sp³-hybridized carbons (Fsp3) is 0.316. The number of benzene rings is 1. The van der Waals surface area contributed by atoms with Gasteiger partial charge in [-0.05, 0) is 37.0 Å². The first-order chi connectivity index (χ1) is 10.5. The third kappa shape index (κ3) is 2.53. The van der Waals surface area contributed by atoms with Gasteiger partial charge in [0.15, 0.2) is 0 Å². The van der Waals surface area contributed by atoms with Gasteiger partial charge in [0.25, 0.3) is 0 Å². The summed E-state index contributed by atoms with van der Waals surface area (Å²) in [5.41, 5.74) is 6.06. The fourth-order valence-corrected chi connectivity index (χ4v) is 2.81. The highest BCUT2D eigenvalue weighted by Gasteiger charge is 2.18. The molecular formula is C19H22N2O. The predicted molar refractivity (Wildman–Crippen MR) is 90.1 cm³/mol. The molecule has 0 aliphatic rings.